The quantitative estimate of drug-likeness (QED) is 0.460. The fraction of sp³-hybridized carbons (Fsp3) is 0.389. The van der Waals surface area contributed by atoms with Crippen molar-refractivity contribution in [3.63, 3.8) is 0 Å². The van der Waals surface area contributed by atoms with E-state index in [0.717, 1.165) is 15.1 Å². The molecule has 0 spiro atoms. The number of rotatable bonds is 0. The van der Waals surface area contributed by atoms with E-state index in [-0.39, 0.29) is 21.7 Å². The normalized spacial score (nSPS) is 16.1. The molecule has 1 radical (unpaired) electrons. The monoisotopic (exact) mass is 319 g/mol. The van der Waals surface area contributed by atoms with E-state index in [1.165, 1.54) is 16.7 Å². The second-order valence-corrected chi connectivity index (χ2v) is 6.02. The van der Waals surface area contributed by atoms with Crippen LogP contribution in [0.4, 0.5) is 0 Å². The topological polar surface area (TPSA) is 0 Å². The number of allylic oxidation sites excluding steroid dienone is 4. The molecular weight excluding hydrogens is 292 g/mol. The zero-order chi connectivity index (χ0) is 14.8. The van der Waals surface area contributed by atoms with Crippen LogP contribution in [-0.4, -0.2) is 9.52 Å². The fourth-order valence-electron chi connectivity index (χ4n) is 1.64. The minimum absolute atomic E-state index is 0. The molecular formula is C18H27SiTi. The Balaban J connectivity index is 0. The third kappa shape index (κ3) is 8.63. The molecule has 0 saturated heterocycles. The minimum Gasteiger partial charge on any atom is -0.266 e. The van der Waals surface area contributed by atoms with Gasteiger partial charge < -0.3 is 0 Å². The molecule has 0 N–H and O–H groups in total. The van der Waals surface area contributed by atoms with Crippen molar-refractivity contribution in [2.45, 2.75) is 40.8 Å². The van der Waals surface area contributed by atoms with Gasteiger partial charge in [0, 0.05) is 9.52 Å². The fourth-order valence-corrected chi connectivity index (χ4v) is 1.64. The molecule has 107 valence electrons. The third-order valence-corrected chi connectivity index (χ3v) is 3.08. The van der Waals surface area contributed by atoms with Gasteiger partial charge in [-0.25, -0.2) is 5.57 Å². The van der Waals surface area contributed by atoms with Gasteiger partial charge in [0.05, 0.1) is 0 Å². The third-order valence-electron chi connectivity index (χ3n) is 3.08. The molecule has 1 aliphatic carbocycles. The van der Waals surface area contributed by atoms with Crippen molar-refractivity contribution >= 4 is 9.52 Å². The van der Waals surface area contributed by atoms with Crippen molar-refractivity contribution < 1.29 is 21.7 Å². The Morgan fingerprint density at radius 1 is 1.05 bits per heavy atom. The molecule has 0 nitrogen and oxygen atoms in total. The molecule has 2 rings (SSSR count). The Hall–Kier alpha value is -0.499. The summed E-state index contributed by atoms with van der Waals surface area (Å²) in [6, 6.07) is 9.87. The van der Waals surface area contributed by atoms with Crippen molar-refractivity contribution in [2.75, 3.05) is 0 Å². The van der Waals surface area contributed by atoms with Gasteiger partial charge in [0.25, 0.3) is 0 Å². The van der Waals surface area contributed by atoms with Crippen molar-refractivity contribution in [1.82, 2.24) is 0 Å². The molecule has 1 atom stereocenters. The summed E-state index contributed by atoms with van der Waals surface area (Å²) < 4.78 is 0. The average molecular weight is 319 g/mol. The number of hydrogen-bond donors (Lipinski definition) is 0. The van der Waals surface area contributed by atoms with Crippen molar-refractivity contribution in [3.05, 3.63) is 65.6 Å². The van der Waals surface area contributed by atoms with Gasteiger partial charge in [-0.05, 0) is 0 Å². The van der Waals surface area contributed by atoms with Gasteiger partial charge in [0.2, 0.25) is 0 Å². The number of benzene rings is 1. The maximum atomic E-state index is 3.72. The summed E-state index contributed by atoms with van der Waals surface area (Å²) in [5, 5.41) is 0. The predicted octanol–water partition coefficient (Wildman–Crippen LogP) is 5.11. The first-order valence-electron chi connectivity index (χ1n) is 6.82. The van der Waals surface area contributed by atoms with E-state index >= 15 is 0 Å². The summed E-state index contributed by atoms with van der Waals surface area (Å²) in [5.41, 5.74) is 5.32. The van der Waals surface area contributed by atoms with Crippen LogP contribution in [0.5, 0.6) is 0 Å². The maximum Gasteiger partial charge on any atom is 2.00 e. The van der Waals surface area contributed by atoms with Gasteiger partial charge >= 0.3 is 21.7 Å². The summed E-state index contributed by atoms with van der Waals surface area (Å²) in [5.74, 6) is 0.560. The Morgan fingerprint density at radius 2 is 1.50 bits per heavy atom. The van der Waals surface area contributed by atoms with Crippen LogP contribution in [0.15, 0.2) is 47.1 Å². The van der Waals surface area contributed by atoms with Crippen molar-refractivity contribution in [1.29, 1.82) is 0 Å². The van der Waals surface area contributed by atoms with Crippen LogP contribution in [0.3, 0.4) is 0 Å². The molecule has 20 heavy (non-hydrogen) atoms. The van der Waals surface area contributed by atoms with Gasteiger partial charge in [0.15, 0.2) is 0 Å². The Bertz CT molecular complexity index is 418. The summed E-state index contributed by atoms with van der Waals surface area (Å²) in [6.45, 7) is 16.8. The first-order chi connectivity index (χ1) is 8.93. The van der Waals surface area contributed by atoms with Crippen LogP contribution in [0.2, 0.25) is 13.1 Å². The Kier molecular flexibility index (Phi) is 13.4. The van der Waals surface area contributed by atoms with Crippen LogP contribution in [0.1, 0.15) is 33.3 Å². The molecule has 0 heterocycles. The summed E-state index contributed by atoms with van der Waals surface area (Å²) >= 11 is 0. The SMILES string of the molecule is CC1=[C-]C(C)C(C)=C1C.C[SiH]C.[CH2-]c1ccccc1.[Ti+2]. The molecule has 0 aliphatic heterocycles. The molecule has 1 aliphatic rings. The smallest absolute Gasteiger partial charge is 0.266 e. The van der Waals surface area contributed by atoms with Gasteiger partial charge in [0.1, 0.15) is 0 Å². The van der Waals surface area contributed by atoms with E-state index in [1.807, 2.05) is 30.3 Å². The Labute approximate surface area is 143 Å². The van der Waals surface area contributed by atoms with E-state index in [0.29, 0.717) is 5.92 Å². The van der Waals surface area contributed by atoms with Crippen LogP contribution in [0.25, 0.3) is 0 Å². The summed E-state index contributed by atoms with van der Waals surface area (Å²) in [7, 11) is 0.750. The maximum absolute atomic E-state index is 3.72. The second kappa shape index (κ2) is 12.3. The van der Waals surface area contributed by atoms with Gasteiger partial charge in [-0.15, -0.1) is 19.1 Å². The minimum atomic E-state index is 0. The largest absolute Gasteiger partial charge is 2.00 e. The van der Waals surface area contributed by atoms with Crippen molar-refractivity contribution in [2.24, 2.45) is 5.92 Å². The van der Waals surface area contributed by atoms with Gasteiger partial charge in [-0.1, -0.05) is 45.8 Å². The average Bonchev–Trinajstić information content (AvgIpc) is 2.59. The van der Waals surface area contributed by atoms with E-state index in [4.69, 9.17) is 0 Å². The standard InChI is InChI=1S/C9H13.C7H7.C2H7Si.Ti/c1-6-5-7(2)9(4)8(6)3;1-7-5-3-2-4-6-7;1-3-2;/h6H,1-4H3;2-6H,1H2;3H,1-2H3;/q2*-1;;+2. The molecule has 1 aromatic carbocycles. The van der Waals surface area contributed by atoms with E-state index in [2.05, 4.69) is 53.8 Å². The molecule has 0 aromatic heterocycles. The van der Waals surface area contributed by atoms with Gasteiger partial charge in [-0.2, -0.15) is 35.8 Å². The predicted molar refractivity (Wildman–Crippen MR) is 89.7 cm³/mol. The first kappa shape index (κ1) is 21.8. The zero-order valence-electron chi connectivity index (χ0n) is 13.7. The summed E-state index contributed by atoms with van der Waals surface area (Å²) in [6.07, 6.45) is 3.36. The molecule has 0 amide bonds. The molecule has 0 saturated carbocycles. The van der Waals surface area contributed by atoms with Crippen LogP contribution in [0, 0.1) is 18.9 Å². The first-order valence-corrected chi connectivity index (χ1v) is 9.13. The van der Waals surface area contributed by atoms with Crippen LogP contribution < -0.4 is 0 Å². The molecule has 2 heteroatoms. The molecule has 1 unspecified atom stereocenters. The van der Waals surface area contributed by atoms with E-state index < -0.39 is 0 Å². The van der Waals surface area contributed by atoms with Crippen molar-refractivity contribution in [3.8, 4) is 0 Å². The van der Waals surface area contributed by atoms with E-state index in [9.17, 15) is 0 Å². The number of hydrogen-bond acceptors (Lipinski definition) is 0. The zero-order valence-corrected chi connectivity index (χ0v) is 16.5. The molecule has 0 fully saturated rings. The van der Waals surface area contributed by atoms with Crippen LogP contribution in [-0.2, 0) is 21.7 Å². The molecule has 1 aromatic rings. The second-order valence-electron chi connectivity index (χ2n) is 4.86. The van der Waals surface area contributed by atoms with Gasteiger partial charge in [-0.3, -0.25) is 6.08 Å². The van der Waals surface area contributed by atoms with E-state index in [1.54, 1.807) is 0 Å². The van der Waals surface area contributed by atoms with Crippen LogP contribution >= 0.6 is 0 Å². The summed E-state index contributed by atoms with van der Waals surface area (Å²) in [4.78, 5) is 0. The Morgan fingerprint density at radius 3 is 1.65 bits per heavy atom. The molecule has 0 bridgehead atoms.